The minimum Gasteiger partial charge on any atom is -0.493 e. The number of methoxy groups -OCH3 is 2. The number of hydrogen-bond donors (Lipinski definition) is 1. The molecule has 0 spiro atoms. The molecule has 0 amide bonds. The number of nitrogens with one attached hydrogen (secondary N) is 1. The lowest BCUT2D eigenvalue weighted by atomic mass is 10.1. The predicted octanol–water partition coefficient (Wildman–Crippen LogP) is 3.55. The average Bonchev–Trinajstić information content (AvgIpc) is 3.09. The molecule has 8 nitrogen and oxygen atoms in total. The van der Waals surface area contributed by atoms with Crippen molar-refractivity contribution in [3.63, 3.8) is 0 Å². The number of fused-ring (bicyclic) bond motifs is 1. The molecule has 0 saturated heterocycles. The molecule has 0 unspecified atom stereocenters. The lowest BCUT2D eigenvalue weighted by Crippen LogP contribution is -1.97. The summed E-state index contributed by atoms with van der Waals surface area (Å²) in [5.41, 5.74) is 1.64. The molecule has 1 N–H and O–H groups in total. The average molecular weight is 350 g/mol. The van der Waals surface area contributed by atoms with Crippen LogP contribution >= 0.6 is 0 Å². The van der Waals surface area contributed by atoms with E-state index in [-0.39, 0.29) is 22.6 Å². The maximum Gasteiger partial charge on any atom is 0.280 e. The zero-order chi connectivity index (χ0) is 18.7. The molecular weight excluding hydrogens is 336 g/mol. The zero-order valence-electron chi connectivity index (χ0n) is 14.0. The first kappa shape index (κ1) is 17.0. The monoisotopic (exact) mass is 350 g/mol. The summed E-state index contributed by atoms with van der Waals surface area (Å²) in [7, 11) is 2.83. The van der Waals surface area contributed by atoms with Crippen molar-refractivity contribution in [3.8, 4) is 17.6 Å². The summed E-state index contributed by atoms with van der Waals surface area (Å²) in [5.74, 6) is 0.891. The van der Waals surface area contributed by atoms with Crippen LogP contribution in [0.5, 0.6) is 11.5 Å². The van der Waals surface area contributed by atoms with Crippen LogP contribution < -0.4 is 9.47 Å². The number of H-pyrrole nitrogens is 1. The van der Waals surface area contributed by atoms with E-state index in [1.807, 2.05) is 30.3 Å². The first-order chi connectivity index (χ1) is 12.6. The Morgan fingerprint density at radius 2 is 1.96 bits per heavy atom. The molecule has 26 heavy (non-hydrogen) atoms. The summed E-state index contributed by atoms with van der Waals surface area (Å²) < 4.78 is 10.3. The second kappa shape index (κ2) is 6.94. The van der Waals surface area contributed by atoms with Crippen molar-refractivity contribution in [1.29, 1.82) is 5.26 Å². The molecule has 2 aromatic carbocycles. The SMILES string of the molecule is COc1cc(/C=C(\C#N)c2nc3ccccc3[nH]2)c([N+](=O)[O-])cc1OC. The van der Waals surface area contributed by atoms with E-state index in [2.05, 4.69) is 9.97 Å². The molecule has 0 fully saturated rings. The van der Waals surface area contributed by atoms with Crippen LogP contribution in [0.1, 0.15) is 11.4 Å². The van der Waals surface area contributed by atoms with Gasteiger partial charge in [0.15, 0.2) is 11.5 Å². The maximum atomic E-state index is 11.4. The summed E-state index contributed by atoms with van der Waals surface area (Å²) in [4.78, 5) is 18.3. The van der Waals surface area contributed by atoms with Crippen molar-refractivity contribution in [2.24, 2.45) is 0 Å². The van der Waals surface area contributed by atoms with Gasteiger partial charge >= 0.3 is 0 Å². The summed E-state index contributed by atoms with van der Waals surface area (Å²) in [6, 6.07) is 12.1. The smallest absolute Gasteiger partial charge is 0.280 e. The van der Waals surface area contributed by atoms with Crippen LogP contribution in [-0.2, 0) is 0 Å². The molecule has 0 aliphatic carbocycles. The number of hydrogen-bond acceptors (Lipinski definition) is 6. The third-order valence-corrected chi connectivity index (χ3v) is 3.79. The highest BCUT2D eigenvalue weighted by Gasteiger charge is 2.19. The molecule has 130 valence electrons. The fourth-order valence-electron chi connectivity index (χ4n) is 2.55. The Morgan fingerprint density at radius 1 is 1.27 bits per heavy atom. The number of ether oxygens (including phenoxy) is 2. The highest BCUT2D eigenvalue weighted by Crippen LogP contribution is 2.36. The van der Waals surface area contributed by atoms with Gasteiger partial charge < -0.3 is 14.5 Å². The Labute approximate surface area is 148 Å². The number of benzene rings is 2. The molecule has 8 heteroatoms. The number of nitriles is 1. The van der Waals surface area contributed by atoms with Gasteiger partial charge in [-0.2, -0.15) is 5.26 Å². The molecule has 3 aromatic rings. The van der Waals surface area contributed by atoms with Crippen molar-refractivity contribution in [3.05, 3.63) is 57.9 Å². The summed E-state index contributed by atoms with van der Waals surface area (Å²) >= 11 is 0. The van der Waals surface area contributed by atoms with E-state index in [4.69, 9.17) is 9.47 Å². The molecule has 1 heterocycles. The Bertz CT molecular complexity index is 1030. The van der Waals surface area contributed by atoms with E-state index in [1.54, 1.807) is 0 Å². The van der Waals surface area contributed by atoms with E-state index >= 15 is 0 Å². The Kier molecular flexibility index (Phi) is 4.53. The number of nitro benzene ring substituents is 1. The fourth-order valence-corrected chi connectivity index (χ4v) is 2.55. The molecule has 0 bridgehead atoms. The third kappa shape index (κ3) is 3.06. The van der Waals surface area contributed by atoms with Crippen LogP contribution in [0.2, 0.25) is 0 Å². The Morgan fingerprint density at radius 3 is 2.58 bits per heavy atom. The topological polar surface area (TPSA) is 114 Å². The molecular formula is C18H14N4O4. The first-order valence-electron chi connectivity index (χ1n) is 7.54. The molecule has 0 atom stereocenters. The van der Waals surface area contributed by atoms with Gasteiger partial charge in [0.1, 0.15) is 11.9 Å². The van der Waals surface area contributed by atoms with E-state index in [1.165, 1.54) is 32.4 Å². The van der Waals surface area contributed by atoms with Crippen molar-refractivity contribution in [1.82, 2.24) is 9.97 Å². The Hall–Kier alpha value is -3.86. The number of rotatable bonds is 5. The van der Waals surface area contributed by atoms with Crippen LogP contribution in [0.15, 0.2) is 36.4 Å². The van der Waals surface area contributed by atoms with Crippen molar-refractivity contribution < 1.29 is 14.4 Å². The van der Waals surface area contributed by atoms with Crippen molar-refractivity contribution in [2.45, 2.75) is 0 Å². The highest BCUT2D eigenvalue weighted by atomic mass is 16.6. The van der Waals surface area contributed by atoms with Gasteiger partial charge in [-0.15, -0.1) is 0 Å². The van der Waals surface area contributed by atoms with Crippen LogP contribution in [-0.4, -0.2) is 29.1 Å². The van der Waals surface area contributed by atoms with Crippen molar-refractivity contribution >= 4 is 28.4 Å². The fraction of sp³-hybridized carbons (Fsp3) is 0.111. The normalized spacial score (nSPS) is 11.2. The van der Waals surface area contributed by atoms with Gasteiger partial charge in [-0.05, 0) is 24.3 Å². The number of aromatic nitrogens is 2. The van der Waals surface area contributed by atoms with Gasteiger partial charge in [0, 0.05) is 0 Å². The number of imidazole rings is 1. The van der Waals surface area contributed by atoms with Crippen LogP contribution in [0.3, 0.4) is 0 Å². The standard InChI is InChI=1S/C18H14N4O4/c1-25-16-8-11(15(22(23)24)9-17(16)26-2)7-12(10-19)18-20-13-5-3-4-6-14(13)21-18/h3-9H,1-2H3,(H,20,21)/b12-7+. The summed E-state index contributed by atoms with van der Waals surface area (Å²) in [6.45, 7) is 0. The summed E-state index contributed by atoms with van der Waals surface area (Å²) in [5, 5.41) is 20.9. The maximum absolute atomic E-state index is 11.4. The third-order valence-electron chi connectivity index (χ3n) is 3.79. The molecule has 3 rings (SSSR count). The van der Waals surface area contributed by atoms with Crippen molar-refractivity contribution in [2.75, 3.05) is 14.2 Å². The van der Waals surface area contributed by atoms with E-state index < -0.39 is 4.92 Å². The van der Waals surface area contributed by atoms with E-state index in [9.17, 15) is 15.4 Å². The first-order valence-corrected chi connectivity index (χ1v) is 7.54. The van der Waals surface area contributed by atoms with Gasteiger partial charge in [0.25, 0.3) is 5.69 Å². The largest absolute Gasteiger partial charge is 0.493 e. The lowest BCUT2D eigenvalue weighted by Gasteiger charge is -2.09. The lowest BCUT2D eigenvalue weighted by molar-refractivity contribution is -0.385. The number of nitrogens with zero attached hydrogens (tertiary/aromatic N) is 3. The Balaban J connectivity index is 2.17. The second-order valence-corrected chi connectivity index (χ2v) is 5.30. The van der Waals surface area contributed by atoms with Gasteiger partial charge in [0.05, 0.1) is 47.4 Å². The minimum atomic E-state index is -0.540. The number of allylic oxidation sites excluding steroid dienone is 1. The quantitative estimate of drug-likeness (QED) is 0.427. The summed E-state index contributed by atoms with van der Waals surface area (Å²) in [6.07, 6.45) is 1.40. The van der Waals surface area contributed by atoms with E-state index in [0.717, 1.165) is 5.52 Å². The van der Waals surface area contributed by atoms with Gasteiger partial charge in [-0.1, -0.05) is 12.1 Å². The zero-order valence-corrected chi connectivity index (χ0v) is 14.0. The molecule has 0 aliphatic rings. The van der Waals surface area contributed by atoms with Gasteiger partial charge in [-0.3, -0.25) is 10.1 Å². The number of para-hydroxylation sites is 2. The number of aromatic amines is 1. The van der Waals surface area contributed by atoms with Gasteiger partial charge in [0.2, 0.25) is 0 Å². The highest BCUT2D eigenvalue weighted by molar-refractivity contribution is 5.92. The second-order valence-electron chi connectivity index (χ2n) is 5.30. The minimum absolute atomic E-state index is 0.163. The molecule has 0 aliphatic heterocycles. The van der Waals surface area contributed by atoms with Crippen LogP contribution in [0, 0.1) is 21.4 Å². The molecule has 0 saturated carbocycles. The van der Waals surface area contributed by atoms with Crippen LogP contribution in [0.25, 0.3) is 22.7 Å². The molecule has 1 aromatic heterocycles. The van der Waals surface area contributed by atoms with Gasteiger partial charge in [-0.25, -0.2) is 4.98 Å². The number of nitro groups is 1. The predicted molar refractivity (Wildman–Crippen MR) is 95.8 cm³/mol. The van der Waals surface area contributed by atoms with E-state index in [0.29, 0.717) is 17.1 Å². The molecule has 0 radical (unpaired) electrons. The van der Waals surface area contributed by atoms with Crippen LogP contribution in [0.4, 0.5) is 5.69 Å².